The van der Waals surface area contributed by atoms with Gasteiger partial charge >= 0.3 is 6.18 Å². The Hall–Kier alpha value is -3.23. The fraction of sp³-hybridized carbons (Fsp3) is 0.222. The summed E-state index contributed by atoms with van der Waals surface area (Å²) in [5, 5.41) is 2.38. The second kappa shape index (κ2) is 8.93. The minimum absolute atomic E-state index is 0.295. The summed E-state index contributed by atoms with van der Waals surface area (Å²) in [5.74, 6) is -0.588. The third-order valence-electron chi connectivity index (χ3n) is 3.41. The topological polar surface area (TPSA) is 79.5 Å². The number of hydrogen-bond acceptors (Lipinski definition) is 4. The molecule has 0 fully saturated rings. The lowest BCUT2D eigenvalue weighted by molar-refractivity contribution is -0.137. The van der Waals surface area contributed by atoms with Crippen LogP contribution in [0.4, 0.5) is 18.9 Å². The van der Waals surface area contributed by atoms with Gasteiger partial charge in [-0.25, -0.2) is 0 Å². The number of amides is 2. The van der Waals surface area contributed by atoms with Crippen LogP contribution in [0.3, 0.4) is 0 Å². The van der Waals surface area contributed by atoms with E-state index in [1.54, 1.807) is 12.1 Å². The van der Waals surface area contributed by atoms with Gasteiger partial charge in [0, 0.05) is 5.56 Å². The Bertz CT molecular complexity index is 792. The van der Waals surface area contributed by atoms with Crippen molar-refractivity contribution in [3.05, 3.63) is 59.7 Å². The Kier molecular flexibility index (Phi) is 6.64. The van der Waals surface area contributed by atoms with Gasteiger partial charge in [0.15, 0.2) is 0 Å². The van der Waals surface area contributed by atoms with E-state index >= 15 is 0 Å². The van der Waals surface area contributed by atoms with Crippen LogP contribution in [0.2, 0.25) is 0 Å². The van der Waals surface area contributed by atoms with Crippen molar-refractivity contribution < 1.29 is 27.5 Å². The Morgan fingerprint density at radius 3 is 2.33 bits per heavy atom. The average Bonchev–Trinajstić information content (AvgIpc) is 2.65. The number of nitrogens with one attached hydrogen (secondary N) is 3. The van der Waals surface area contributed by atoms with Gasteiger partial charge < -0.3 is 10.1 Å². The third kappa shape index (κ3) is 5.91. The van der Waals surface area contributed by atoms with E-state index < -0.39 is 30.1 Å². The monoisotopic (exact) mass is 381 g/mol. The predicted octanol–water partition coefficient (Wildman–Crippen LogP) is 2.98. The molecule has 9 heteroatoms. The van der Waals surface area contributed by atoms with Gasteiger partial charge in [-0.15, -0.1) is 0 Å². The normalized spacial score (nSPS) is 10.8. The maximum absolute atomic E-state index is 12.9. The number of halogens is 3. The Balaban J connectivity index is 1.85. The number of hydrogen-bond donors (Lipinski definition) is 3. The van der Waals surface area contributed by atoms with E-state index in [4.69, 9.17) is 4.74 Å². The predicted molar refractivity (Wildman–Crippen MR) is 93.2 cm³/mol. The lowest BCUT2D eigenvalue weighted by Gasteiger charge is -2.15. The smallest absolute Gasteiger partial charge is 0.418 e. The quantitative estimate of drug-likeness (QED) is 0.645. The van der Waals surface area contributed by atoms with E-state index in [1.165, 1.54) is 30.3 Å². The molecule has 0 spiro atoms. The highest BCUT2D eigenvalue weighted by atomic mass is 19.4. The summed E-state index contributed by atoms with van der Waals surface area (Å²) >= 11 is 0. The molecule has 3 N–H and O–H groups in total. The second-order valence-corrected chi connectivity index (χ2v) is 5.36. The van der Waals surface area contributed by atoms with Gasteiger partial charge in [-0.05, 0) is 43.3 Å². The zero-order valence-electron chi connectivity index (χ0n) is 14.4. The highest BCUT2D eigenvalue weighted by molar-refractivity contribution is 5.96. The van der Waals surface area contributed by atoms with Crippen molar-refractivity contribution in [3.63, 3.8) is 0 Å². The fourth-order valence-corrected chi connectivity index (χ4v) is 2.15. The molecule has 0 atom stereocenters. The summed E-state index contributed by atoms with van der Waals surface area (Å²) in [6, 6.07) is 11.0. The number of carbonyl (C=O) groups excluding carboxylic acids is 2. The van der Waals surface area contributed by atoms with Gasteiger partial charge in [-0.2, -0.15) is 13.2 Å². The first kappa shape index (κ1) is 20.1. The lowest BCUT2D eigenvalue weighted by atomic mass is 10.2. The number of ether oxygens (including phenoxy) is 1. The average molecular weight is 381 g/mol. The molecule has 2 amide bonds. The second-order valence-electron chi connectivity index (χ2n) is 5.36. The van der Waals surface area contributed by atoms with Crippen molar-refractivity contribution in [1.29, 1.82) is 0 Å². The molecule has 0 unspecified atom stereocenters. The molecule has 27 heavy (non-hydrogen) atoms. The largest absolute Gasteiger partial charge is 0.494 e. The number of alkyl halides is 3. The van der Waals surface area contributed by atoms with E-state index in [-0.39, 0.29) is 5.69 Å². The van der Waals surface area contributed by atoms with Gasteiger partial charge in [0.2, 0.25) is 0 Å². The minimum Gasteiger partial charge on any atom is -0.494 e. The van der Waals surface area contributed by atoms with Crippen molar-refractivity contribution >= 4 is 17.5 Å². The van der Waals surface area contributed by atoms with Crippen molar-refractivity contribution in [2.24, 2.45) is 0 Å². The maximum atomic E-state index is 12.9. The van der Waals surface area contributed by atoms with Crippen LogP contribution in [0.1, 0.15) is 22.8 Å². The molecule has 0 aliphatic carbocycles. The SMILES string of the molecule is CCOc1ccc(C(=O)NCC(=O)NNc2ccccc2C(F)(F)F)cc1. The van der Waals surface area contributed by atoms with Gasteiger partial charge in [-0.1, -0.05) is 12.1 Å². The molecule has 0 bridgehead atoms. The molecule has 0 aliphatic rings. The summed E-state index contributed by atoms with van der Waals surface area (Å²) in [6.45, 7) is 1.92. The standard InChI is InChI=1S/C18H18F3N3O3/c1-2-27-13-9-7-12(8-10-13)17(26)22-11-16(25)24-23-15-6-4-3-5-14(15)18(19,20)21/h3-10,23H,2,11H2,1H3,(H,22,26)(H,24,25). The summed E-state index contributed by atoms with van der Waals surface area (Å²) in [5.41, 5.74) is 3.45. The van der Waals surface area contributed by atoms with Crippen molar-refractivity contribution in [2.45, 2.75) is 13.1 Å². The van der Waals surface area contributed by atoms with E-state index in [1.807, 2.05) is 6.92 Å². The molecule has 2 aromatic rings. The summed E-state index contributed by atoms with van der Waals surface area (Å²) < 4.78 is 43.9. The number of rotatable bonds is 7. The number of carbonyl (C=O) groups is 2. The molecule has 0 aromatic heterocycles. The van der Waals surface area contributed by atoms with Crippen LogP contribution in [0, 0.1) is 0 Å². The fourth-order valence-electron chi connectivity index (χ4n) is 2.15. The molecule has 6 nitrogen and oxygen atoms in total. The van der Waals surface area contributed by atoms with Crippen LogP contribution in [-0.2, 0) is 11.0 Å². The summed E-state index contributed by atoms with van der Waals surface area (Å²) in [4.78, 5) is 23.7. The molecule has 0 saturated heterocycles. The van der Waals surface area contributed by atoms with E-state index in [2.05, 4.69) is 16.2 Å². The van der Waals surface area contributed by atoms with Crippen LogP contribution < -0.4 is 20.9 Å². The third-order valence-corrected chi connectivity index (χ3v) is 3.41. The lowest BCUT2D eigenvalue weighted by Crippen LogP contribution is -2.39. The van der Waals surface area contributed by atoms with Gasteiger partial charge in [-0.3, -0.25) is 20.4 Å². The molecular formula is C18H18F3N3O3. The van der Waals surface area contributed by atoms with Crippen molar-refractivity contribution in [1.82, 2.24) is 10.7 Å². The number of hydrazine groups is 1. The number of benzene rings is 2. The summed E-state index contributed by atoms with van der Waals surface area (Å²) in [7, 11) is 0. The first-order valence-electron chi connectivity index (χ1n) is 8.03. The molecular weight excluding hydrogens is 363 g/mol. The molecule has 0 heterocycles. The first-order valence-corrected chi connectivity index (χ1v) is 8.03. The van der Waals surface area contributed by atoms with Crippen LogP contribution in [0.25, 0.3) is 0 Å². The van der Waals surface area contributed by atoms with Gasteiger partial charge in [0.1, 0.15) is 5.75 Å². The zero-order chi connectivity index (χ0) is 19.9. The van der Waals surface area contributed by atoms with Crippen LogP contribution in [0.5, 0.6) is 5.75 Å². The van der Waals surface area contributed by atoms with E-state index in [9.17, 15) is 22.8 Å². The van der Waals surface area contributed by atoms with E-state index in [0.29, 0.717) is 17.9 Å². The minimum atomic E-state index is -4.56. The van der Waals surface area contributed by atoms with Crippen molar-refractivity contribution in [2.75, 3.05) is 18.6 Å². The molecule has 0 radical (unpaired) electrons. The van der Waals surface area contributed by atoms with E-state index in [0.717, 1.165) is 6.07 Å². The first-order chi connectivity index (χ1) is 12.8. The summed E-state index contributed by atoms with van der Waals surface area (Å²) in [6.07, 6.45) is -4.56. The Labute approximate surface area is 153 Å². The molecule has 2 aromatic carbocycles. The Morgan fingerprint density at radius 2 is 1.70 bits per heavy atom. The Morgan fingerprint density at radius 1 is 1.04 bits per heavy atom. The molecule has 144 valence electrons. The van der Waals surface area contributed by atoms with Crippen LogP contribution >= 0.6 is 0 Å². The number of anilines is 1. The molecule has 2 rings (SSSR count). The van der Waals surface area contributed by atoms with Crippen molar-refractivity contribution in [3.8, 4) is 5.75 Å². The van der Waals surface area contributed by atoms with Crippen LogP contribution in [0.15, 0.2) is 48.5 Å². The molecule has 0 saturated carbocycles. The van der Waals surface area contributed by atoms with Crippen LogP contribution in [-0.4, -0.2) is 25.0 Å². The molecule has 0 aliphatic heterocycles. The number of para-hydroxylation sites is 1. The highest BCUT2D eigenvalue weighted by Gasteiger charge is 2.33. The highest BCUT2D eigenvalue weighted by Crippen LogP contribution is 2.34. The van der Waals surface area contributed by atoms with Gasteiger partial charge in [0.05, 0.1) is 24.4 Å². The maximum Gasteiger partial charge on any atom is 0.418 e. The zero-order valence-corrected chi connectivity index (χ0v) is 14.4. The van der Waals surface area contributed by atoms with Gasteiger partial charge in [0.25, 0.3) is 11.8 Å².